The summed E-state index contributed by atoms with van der Waals surface area (Å²) in [4.78, 5) is 15.6. The van der Waals surface area contributed by atoms with E-state index in [0.29, 0.717) is 5.78 Å². The van der Waals surface area contributed by atoms with Crippen LogP contribution in [0.3, 0.4) is 0 Å². The molecule has 1 heterocycles. The molecule has 1 saturated carbocycles. The highest BCUT2D eigenvalue weighted by Gasteiger charge is 2.46. The second-order valence-corrected chi connectivity index (χ2v) is 6.22. The average Bonchev–Trinajstić information content (AvgIpc) is 3.06. The summed E-state index contributed by atoms with van der Waals surface area (Å²) >= 11 is 0. The Labute approximate surface area is 127 Å². The summed E-state index contributed by atoms with van der Waals surface area (Å²) in [5, 5.41) is 0. The predicted octanol–water partition coefficient (Wildman–Crippen LogP) is 3.08. The van der Waals surface area contributed by atoms with Crippen LogP contribution in [-0.2, 0) is 11.2 Å². The van der Waals surface area contributed by atoms with Gasteiger partial charge in [-0.15, -0.1) is 0 Å². The fourth-order valence-corrected chi connectivity index (χ4v) is 3.80. The maximum atomic E-state index is 13.2. The van der Waals surface area contributed by atoms with Crippen molar-refractivity contribution >= 4 is 5.78 Å². The molecule has 0 aromatic heterocycles. The van der Waals surface area contributed by atoms with Gasteiger partial charge in [-0.3, -0.25) is 9.69 Å². The normalized spacial score (nSPS) is 22.3. The van der Waals surface area contributed by atoms with E-state index in [4.69, 9.17) is 4.74 Å². The molecule has 0 unspecified atom stereocenters. The van der Waals surface area contributed by atoms with Crippen molar-refractivity contribution in [3.63, 3.8) is 0 Å². The minimum absolute atomic E-state index is 0.266. The van der Waals surface area contributed by atoms with Crippen molar-refractivity contribution in [3.05, 3.63) is 35.4 Å². The van der Waals surface area contributed by atoms with Gasteiger partial charge in [0, 0.05) is 18.7 Å². The Morgan fingerprint density at radius 2 is 1.76 bits per heavy atom. The van der Waals surface area contributed by atoms with E-state index in [0.717, 1.165) is 64.0 Å². The van der Waals surface area contributed by atoms with Crippen molar-refractivity contribution in [2.45, 2.75) is 44.6 Å². The minimum atomic E-state index is -0.266. The van der Waals surface area contributed by atoms with Crippen LogP contribution in [0.1, 0.15) is 48.5 Å². The summed E-state index contributed by atoms with van der Waals surface area (Å²) in [6.07, 6.45) is 5.35. The Morgan fingerprint density at radius 3 is 2.33 bits per heavy atom. The molecule has 1 aliphatic carbocycles. The molecule has 3 nitrogen and oxygen atoms in total. The number of carbonyl (C=O) groups excluding carboxylic acids is 1. The molecule has 2 fully saturated rings. The molecule has 0 N–H and O–H groups in total. The Bertz CT molecular complexity index is 482. The second kappa shape index (κ2) is 6.29. The largest absolute Gasteiger partial charge is 0.379 e. The Balaban J connectivity index is 1.86. The number of aryl methyl sites for hydroxylation is 1. The average molecular weight is 287 g/mol. The number of nitrogens with zero attached hydrogens (tertiary/aromatic N) is 1. The molecule has 0 amide bonds. The monoisotopic (exact) mass is 287 g/mol. The van der Waals surface area contributed by atoms with Gasteiger partial charge < -0.3 is 4.74 Å². The van der Waals surface area contributed by atoms with E-state index in [1.54, 1.807) is 0 Å². The number of rotatable bonds is 4. The minimum Gasteiger partial charge on any atom is -0.379 e. The molecule has 1 aromatic carbocycles. The van der Waals surface area contributed by atoms with Crippen LogP contribution in [0, 0.1) is 0 Å². The third-order valence-corrected chi connectivity index (χ3v) is 5.09. The van der Waals surface area contributed by atoms with Crippen LogP contribution in [0.4, 0.5) is 0 Å². The van der Waals surface area contributed by atoms with E-state index < -0.39 is 0 Å². The van der Waals surface area contributed by atoms with Gasteiger partial charge in [0.1, 0.15) is 0 Å². The van der Waals surface area contributed by atoms with Crippen LogP contribution in [0.2, 0.25) is 0 Å². The van der Waals surface area contributed by atoms with E-state index in [1.807, 2.05) is 12.1 Å². The van der Waals surface area contributed by atoms with Crippen molar-refractivity contribution in [1.29, 1.82) is 0 Å². The molecule has 1 aromatic rings. The fourth-order valence-electron chi connectivity index (χ4n) is 3.80. The summed E-state index contributed by atoms with van der Waals surface area (Å²) in [7, 11) is 0. The Hall–Kier alpha value is -1.19. The van der Waals surface area contributed by atoms with Crippen LogP contribution in [0.5, 0.6) is 0 Å². The number of carbonyl (C=O) groups is 1. The molecule has 114 valence electrons. The van der Waals surface area contributed by atoms with Crippen LogP contribution >= 0.6 is 0 Å². The summed E-state index contributed by atoms with van der Waals surface area (Å²) in [6.45, 7) is 5.42. The zero-order valence-electron chi connectivity index (χ0n) is 12.9. The van der Waals surface area contributed by atoms with E-state index >= 15 is 0 Å². The predicted molar refractivity (Wildman–Crippen MR) is 83.7 cm³/mol. The first kappa shape index (κ1) is 14.7. The van der Waals surface area contributed by atoms with E-state index in [9.17, 15) is 4.79 Å². The van der Waals surface area contributed by atoms with Crippen LogP contribution in [-0.4, -0.2) is 42.5 Å². The summed E-state index contributed by atoms with van der Waals surface area (Å²) in [5.74, 6) is 0.324. The van der Waals surface area contributed by atoms with Gasteiger partial charge in [0.15, 0.2) is 5.78 Å². The Kier molecular flexibility index (Phi) is 4.41. The van der Waals surface area contributed by atoms with Crippen molar-refractivity contribution in [2.75, 3.05) is 26.3 Å². The summed E-state index contributed by atoms with van der Waals surface area (Å²) in [6, 6.07) is 8.22. The first-order valence-corrected chi connectivity index (χ1v) is 8.23. The lowest BCUT2D eigenvalue weighted by Crippen LogP contribution is -2.56. The maximum absolute atomic E-state index is 13.2. The topological polar surface area (TPSA) is 29.5 Å². The van der Waals surface area contributed by atoms with Crippen LogP contribution < -0.4 is 0 Å². The van der Waals surface area contributed by atoms with Crippen molar-refractivity contribution < 1.29 is 9.53 Å². The van der Waals surface area contributed by atoms with Gasteiger partial charge in [-0.1, -0.05) is 44.0 Å². The standard InChI is InChI=1S/C18H25NO2/c1-2-15-5-7-16(8-6-15)17(20)18(9-3-4-10-18)19-11-13-21-14-12-19/h5-8H,2-4,9-14H2,1H3. The van der Waals surface area contributed by atoms with Gasteiger partial charge in [0.05, 0.1) is 18.8 Å². The lowest BCUT2D eigenvalue weighted by molar-refractivity contribution is -0.0130. The molecular weight excluding hydrogens is 262 g/mol. The van der Waals surface area contributed by atoms with E-state index in [2.05, 4.69) is 24.0 Å². The van der Waals surface area contributed by atoms with Gasteiger partial charge in [-0.2, -0.15) is 0 Å². The van der Waals surface area contributed by atoms with Gasteiger partial charge in [0.2, 0.25) is 0 Å². The lowest BCUT2D eigenvalue weighted by Gasteiger charge is -2.42. The number of hydrogen-bond acceptors (Lipinski definition) is 3. The lowest BCUT2D eigenvalue weighted by atomic mass is 9.85. The highest BCUT2D eigenvalue weighted by atomic mass is 16.5. The SMILES string of the molecule is CCc1ccc(C(=O)C2(N3CCOCC3)CCCC2)cc1. The molecule has 0 radical (unpaired) electrons. The Morgan fingerprint density at radius 1 is 1.14 bits per heavy atom. The zero-order valence-corrected chi connectivity index (χ0v) is 12.9. The number of ether oxygens (including phenoxy) is 1. The molecule has 3 heteroatoms. The van der Waals surface area contributed by atoms with Crippen molar-refractivity contribution in [2.24, 2.45) is 0 Å². The first-order valence-electron chi connectivity index (χ1n) is 8.23. The molecule has 1 saturated heterocycles. The van der Waals surface area contributed by atoms with E-state index in [-0.39, 0.29) is 5.54 Å². The highest BCUT2D eigenvalue weighted by Crippen LogP contribution is 2.38. The van der Waals surface area contributed by atoms with E-state index in [1.165, 1.54) is 5.56 Å². The third kappa shape index (κ3) is 2.77. The fraction of sp³-hybridized carbons (Fsp3) is 0.611. The molecule has 0 bridgehead atoms. The summed E-state index contributed by atoms with van der Waals surface area (Å²) < 4.78 is 5.47. The second-order valence-electron chi connectivity index (χ2n) is 6.22. The molecule has 21 heavy (non-hydrogen) atoms. The van der Waals surface area contributed by atoms with Crippen LogP contribution in [0.15, 0.2) is 24.3 Å². The number of hydrogen-bond donors (Lipinski definition) is 0. The molecule has 2 aliphatic rings. The molecule has 1 aliphatic heterocycles. The van der Waals surface area contributed by atoms with Crippen LogP contribution in [0.25, 0.3) is 0 Å². The number of morpholine rings is 1. The zero-order chi connectivity index (χ0) is 14.7. The van der Waals surface area contributed by atoms with Gasteiger partial charge in [-0.05, 0) is 24.8 Å². The maximum Gasteiger partial charge on any atom is 0.183 e. The number of ketones is 1. The van der Waals surface area contributed by atoms with Crippen molar-refractivity contribution in [3.8, 4) is 0 Å². The van der Waals surface area contributed by atoms with Gasteiger partial charge >= 0.3 is 0 Å². The number of Topliss-reactive ketones (excluding diaryl/α,β-unsaturated/α-hetero) is 1. The molecule has 0 spiro atoms. The molecular formula is C18H25NO2. The first-order chi connectivity index (χ1) is 10.3. The molecule has 0 atom stereocenters. The quantitative estimate of drug-likeness (QED) is 0.797. The smallest absolute Gasteiger partial charge is 0.183 e. The third-order valence-electron chi connectivity index (χ3n) is 5.09. The highest BCUT2D eigenvalue weighted by molar-refractivity contribution is 6.03. The van der Waals surface area contributed by atoms with Gasteiger partial charge in [-0.25, -0.2) is 0 Å². The van der Waals surface area contributed by atoms with Gasteiger partial charge in [0.25, 0.3) is 0 Å². The molecule has 3 rings (SSSR count). The summed E-state index contributed by atoms with van der Waals surface area (Å²) in [5.41, 5.74) is 1.90. The number of benzene rings is 1. The van der Waals surface area contributed by atoms with Crippen molar-refractivity contribution in [1.82, 2.24) is 4.90 Å².